The molecule has 0 aliphatic carbocycles. The molecule has 36 heavy (non-hydrogen) atoms. The van der Waals surface area contributed by atoms with Crippen molar-refractivity contribution >= 4 is 64.8 Å². The fraction of sp³-hybridized carbons (Fsp3) is 0. The Kier molecular flexibility index (Phi) is 4.00. The Balaban J connectivity index is 1.64. The molecule has 0 unspecified atom stereocenters. The lowest BCUT2D eigenvalue weighted by Crippen LogP contribution is -1.89. The van der Waals surface area contributed by atoms with Crippen molar-refractivity contribution in [2.75, 3.05) is 0 Å². The van der Waals surface area contributed by atoms with Crippen molar-refractivity contribution in [3.8, 4) is 11.1 Å². The summed E-state index contributed by atoms with van der Waals surface area (Å²) in [4.78, 5) is 4.74. The minimum atomic E-state index is 1.04. The summed E-state index contributed by atoms with van der Waals surface area (Å²) in [5.41, 5.74) is 3.40. The smallest absolute Gasteiger partial charge is 0.0780 e. The minimum absolute atomic E-state index is 1.04. The largest absolute Gasteiger partial charge is 0.256 e. The van der Waals surface area contributed by atoms with Crippen LogP contribution in [-0.2, 0) is 0 Å². The zero-order valence-electron chi connectivity index (χ0n) is 19.6. The van der Waals surface area contributed by atoms with Gasteiger partial charge in [-0.2, -0.15) is 0 Å². The van der Waals surface area contributed by atoms with Gasteiger partial charge in [0.1, 0.15) is 0 Å². The SMILES string of the molecule is c1cnc2c(-c3ccc4c5ccccc5c5c6ccccc6c6ccccc6c5c4c3)cccc2c1. The van der Waals surface area contributed by atoms with Crippen LogP contribution in [0.15, 0.2) is 128 Å². The molecule has 0 saturated heterocycles. The van der Waals surface area contributed by atoms with E-state index in [9.17, 15) is 0 Å². The van der Waals surface area contributed by atoms with Gasteiger partial charge in [0.25, 0.3) is 0 Å². The van der Waals surface area contributed by atoms with Gasteiger partial charge in [0, 0.05) is 17.1 Å². The van der Waals surface area contributed by atoms with Crippen LogP contribution in [-0.4, -0.2) is 4.98 Å². The fourth-order valence-electron chi connectivity index (χ4n) is 6.13. The Labute approximate surface area is 208 Å². The molecule has 0 amide bonds. The third kappa shape index (κ3) is 2.63. The molecule has 0 aliphatic rings. The van der Waals surface area contributed by atoms with Crippen molar-refractivity contribution in [1.29, 1.82) is 0 Å². The van der Waals surface area contributed by atoms with Gasteiger partial charge in [-0.1, -0.05) is 109 Å². The zero-order valence-corrected chi connectivity index (χ0v) is 19.6. The summed E-state index contributed by atoms with van der Waals surface area (Å²) in [6.07, 6.45) is 1.88. The van der Waals surface area contributed by atoms with Crippen molar-refractivity contribution in [2.45, 2.75) is 0 Å². The number of para-hydroxylation sites is 1. The maximum Gasteiger partial charge on any atom is 0.0780 e. The van der Waals surface area contributed by atoms with Crippen molar-refractivity contribution in [1.82, 2.24) is 4.98 Å². The lowest BCUT2D eigenvalue weighted by molar-refractivity contribution is 1.41. The number of aromatic nitrogens is 1. The van der Waals surface area contributed by atoms with E-state index in [1.54, 1.807) is 0 Å². The quantitative estimate of drug-likeness (QED) is 0.225. The van der Waals surface area contributed by atoms with E-state index in [1.807, 2.05) is 12.3 Å². The Hall–Kier alpha value is -4.75. The van der Waals surface area contributed by atoms with Gasteiger partial charge in [0.15, 0.2) is 0 Å². The first-order valence-electron chi connectivity index (χ1n) is 12.4. The maximum absolute atomic E-state index is 4.74. The molecule has 1 aromatic heterocycles. The normalized spacial score (nSPS) is 11.9. The van der Waals surface area contributed by atoms with E-state index in [0.29, 0.717) is 0 Å². The molecule has 0 aliphatic heterocycles. The monoisotopic (exact) mass is 455 g/mol. The average molecular weight is 456 g/mol. The van der Waals surface area contributed by atoms with Crippen LogP contribution in [0.3, 0.4) is 0 Å². The summed E-state index contributed by atoms with van der Waals surface area (Å²) in [5, 5.41) is 14.2. The van der Waals surface area contributed by atoms with Gasteiger partial charge < -0.3 is 0 Å². The van der Waals surface area contributed by atoms with Gasteiger partial charge in [-0.25, -0.2) is 0 Å². The van der Waals surface area contributed by atoms with E-state index in [0.717, 1.165) is 10.9 Å². The molecule has 166 valence electrons. The Morgan fingerprint density at radius 1 is 0.389 bits per heavy atom. The van der Waals surface area contributed by atoms with Crippen LogP contribution < -0.4 is 0 Å². The highest BCUT2D eigenvalue weighted by molar-refractivity contribution is 6.39. The predicted octanol–water partition coefficient (Wildman–Crippen LogP) is 9.67. The predicted molar refractivity (Wildman–Crippen MR) is 155 cm³/mol. The minimum Gasteiger partial charge on any atom is -0.256 e. The van der Waals surface area contributed by atoms with Crippen molar-refractivity contribution in [2.24, 2.45) is 0 Å². The number of rotatable bonds is 1. The van der Waals surface area contributed by atoms with Crippen LogP contribution in [0.2, 0.25) is 0 Å². The molecular formula is C35H21N. The van der Waals surface area contributed by atoms with Gasteiger partial charge in [-0.3, -0.25) is 4.98 Å². The molecule has 0 radical (unpaired) electrons. The van der Waals surface area contributed by atoms with Crippen LogP contribution in [0.5, 0.6) is 0 Å². The van der Waals surface area contributed by atoms with E-state index >= 15 is 0 Å². The van der Waals surface area contributed by atoms with Gasteiger partial charge >= 0.3 is 0 Å². The van der Waals surface area contributed by atoms with E-state index in [4.69, 9.17) is 4.98 Å². The third-order valence-electron chi connectivity index (χ3n) is 7.65. The van der Waals surface area contributed by atoms with E-state index in [1.165, 1.54) is 65.0 Å². The van der Waals surface area contributed by atoms with Crippen LogP contribution in [0.4, 0.5) is 0 Å². The molecule has 0 spiro atoms. The Bertz CT molecular complexity index is 2130. The first kappa shape index (κ1) is 19.5. The molecule has 0 atom stereocenters. The lowest BCUT2D eigenvalue weighted by Gasteiger charge is -2.17. The van der Waals surface area contributed by atoms with Crippen molar-refractivity contribution in [3.63, 3.8) is 0 Å². The van der Waals surface area contributed by atoms with Gasteiger partial charge in [-0.15, -0.1) is 0 Å². The summed E-state index contributed by atoms with van der Waals surface area (Å²) in [6, 6.07) is 44.1. The summed E-state index contributed by atoms with van der Waals surface area (Å²) in [7, 11) is 0. The van der Waals surface area contributed by atoms with E-state index < -0.39 is 0 Å². The second-order valence-electron chi connectivity index (χ2n) is 9.53. The lowest BCUT2D eigenvalue weighted by atomic mass is 9.86. The van der Waals surface area contributed by atoms with Gasteiger partial charge in [0.2, 0.25) is 0 Å². The fourth-order valence-corrected chi connectivity index (χ4v) is 6.13. The Morgan fingerprint density at radius 2 is 0.917 bits per heavy atom. The highest BCUT2D eigenvalue weighted by Crippen LogP contribution is 2.44. The number of nitrogens with zero attached hydrogens (tertiary/aromatic N) is 1. The molecule has 1 heteroatoms. The topological polar surface area (TPSA) is 12.9 Å². The van der Waals surface area contributed by atoms with E-state index in [-0.39, 0.29) is 0 Å². The first-order valence-corrected chi connectivity index (χ1v) is 12.4. The maximum atomic E-state index is 4.74. The summed E-state index contributed by atoms with van der Waals surface area (Å²) in [5.74, 6) is 0. The van der Waals surface area contributed by atoms with Crippen LogP contribution in [0, 0.1) is 0 Å². The van der Waals surface area contributed by atoms with Crippen LogP contribution in [0.1, 0.15) is 0 Å². The van der Waals surface area contributed by atoms with Gasteiger partial charge in [0.05, 0.1) is 5.52 Å². The first-order chi connectivity index (χ1) is 17.9. The standard InChI is InChI=1S/C35H21N/c1-4-14-29-25(11-1)26-12-2-6-16-31(26)34-32-21-23(24-17-7-9-22-10-8-20-36-35(22)24)18-19-28(32)27-13-3-5-15-30(27)33(29)34/h1-21H. The molecule has 0 saturated carbocycles. The summed E-state index contributed by atoms with van der Waals surface area (Å²) < 4.78 is 0. The summed E-state index contributed by atoms with van der Waals surface area (Å²) >= 11 is 0. The molecule has 1 heterocycles. The molecule has 8 aromatic rings. The zero-order chi connectivity index (χ0) is 23.6. The molecule has 1 nitrogen and oxygen atoms in total. The van der Waals surface area contributed by atoms with Crippen molar-refractivity contribution in [3.05, 3.63) is 128 Å². The third-order valence-corrected chi connectivity index (χ3v) is 7.65. The number of benzene rings is 7. The van der Waals surface area contributed by atoms with E-state index in [2.05, 4.69) is 115 Å². The molecule has 0 fully saturated rings. The highest BCUT2D eigenvalue weighted by Gasteiger charge is 2.16. The van der Waals surface area contributed by atoms with Crippen molar-refractivity contribution < 1.29 is 0 Å². The number of pyridine rings is 1. The molecule has 0 N–H and O–H groups in total. The average Bonchev–Trinajstić information content (AvgIpc) is 2.96. The van der Waals surface area contributed by atoms with Crippen LogP contribution in [0.25, 0.3) is 75.9 Å². The molecule has 8 rings (SSSR count). The second kappa shape index (κ2) is 7.37. The van der Waals surface area contributed by atoms with Gasteiger partial charge in [-0.05, 0) is 71.6 Å². The second-order valence-corrected chi connectivity index (χ2v) is 9.53. The van der Waals surface area contributed by atoms with Crippen LogP contribution >= 0.6 is 0 Å². The molecular weight excluding hydrogens is 434 g/mol. The number of hydrogen-bond acceptors (Lipinski definition) is 1. The number of fused-ring (bicyclic) bond motifs is 12. The Morgan fingerprint density at radius 3 is 1.56 bits per heavy atom. The molecule has 0 bridgehead atoms. The molecule has 7 aromatic carbocycles. The summed E-state index contributed by atoms with van der Waals surface area (Å²) in [6.45, 7) is 0. The number of hydrogen-bond donors (Lipinski definition) is 0. The highest BCUT2D eigenvalue weighted by atomic mass is 14.6.